The number of nitrogens with zero attached hydrogens (tertiary/aromatic N) is 3. The molecule has 114 valence electrons. The van der Waals surface area contributed by atoms with E-state index in [1.165, 1.54) is 24.1 Å². The Hall–Kier alpha value is -1.62. The average Bonchev–Trinajstić information content (AvgIpc) is 3.16. The molecule has 0 bridgehead atoms. The predicted molar refractivity (Wildman–Crippen MR) is 84.3 cm³/mol. The maximum Gasteiger partial charge on any atom is 0.146 e. The number of hydrogen-bond donors (Lipinski definition) is 1. The van der Waals surface area contributed by atoms with E-state index in [1.807, 2.05) is 6.92 Å². The van der Waals surface area contributed by atoms with Crippen LogP contribution in [0.3, 0.4) is 0 Å². The summed E-state index contributed by atoms with van der Waals surface area (Å²) in [5.74, 6) is 1.33. The zero-order valence-electron chi connectivity index (χ0n) is 13.4. The van der Waals surface area contributed by atoms with Crippen LogP contribution in [0.1, 0.15) is 36.3 Å². The third kappa shape index (κ3) is 2.39. The van der Waals surface area contributed by atoms with Gasteiger partial charge in [0.05, 0.1) is 5.39 Å². The maximum atomic E-state index is 6.12. The Labute approximate surface area is 125 Å². The number of fused-ring (bicyclic) bond motifs is 1. The fourth-order valence-corrected chi connectivity index (χ4v) is 3.19. The van der Waals surface area contributed by atoms with Crippen molar-refractivity contribution in [3.63, 3.8) is 0 Å². The Morgan fingerprint density at radius 1 is 1.24 bits per heavy atom. The van der Waals surface area contributed by atoms with Gasteiger partial charge in [0, 0.05) is 26.0 Å². The number of nitrogens with two attached hydrogens (primary N) is 1. The Morgan fingerprint density at radius 3 is 2.57 bits per heavy atom. The van der Waals surface area contributed by atoms with Gasteiger partial charge in [-0.1, -0.05) is 0 Å². The molecule has 3 rings (SSSR count). The van der Waals surface area contributed by atoms with Gasteiger partial charge in [0.15, 0.2) is 0 Å². The topological polar surface area (TPSA) is 66.0 Å². The summed E-state index contributed by atoms with van der Waals surface area (Å²) in [4.78, 5) is 8.96. The van der Waals surface area contributed by atoms with E-state index in [0.717, 1.165) is 36.4 Å². The number of aromatic nitrogens is 3. The van der Waals surface area contributed by atoms with Gasteiger partial charge >= 0.3 is 0 Å². The van der Waals surface area contributed by atoms with Gasteiger partial charge in [-0.25, -0.2) is 9.97 Å². The molecule has 0 radical (unpaired) electrons. The van der Waals surface area contributed by atoms with E-state index in [1.54, 1.807) is 7.11 Å². The molecule has 5 heteroatoms. The van der Waals surface area contributed by atoms with E-state index < -0.39 is 0 Å². The van der Waals surface area contributed by atoms with Gasteiger partial charge in [-0.2, -0.15) is 0 Å². The van der Waals surface area contributed by atoms with Crippen LogP contribution in [0.4, 0.5) is 5.82 Å². The van der Waals surface area contributed by atoms with Crippen LogP contribution in [0.2, 0.25) is 0 Å². The van der Waals surface area contributed by atoms with Crippen LogP contribution in [0, 0.1) is 26.2 Å². The zero-order valence-corrected chi connectivity index (χ0v) is 13.4. The lowest BCUT2D eigenvalue weighted by atomic mass is 10.0. The standard InChI is InChI=1S/C16H24N4O/c1-10-11(2)20(9-16(5-6-16)7-8-21-4)15-13(10)14(17)18-12(3)19-15/h5-9H2,1-4H3,(H2,17,18,19). The highest BCUT2D eigenvalue weighted by molar-refractivity contribution is 5.91. The number of anilines is 1. The van der Waals surface area contributed by atoms with Crippen LogP contribution in [0.15, 0.2) is 0 Å². The SMILES string of the molecule is COCCC1(Cn2c(C)c(C)c3c(N)nc(C)nc32)CC1. The molecule has 0 amide bonds. The highest BCUT2D eigenvalue weighted by Crippen LogP contribution is 2.51. The number of rotatable bonds is 5. The fourth-order valence-electron chi connectivity index (χ4n) is 3.19. The van der Waals surface area contributed by atoms with E-state index in [-0.39, 0.29) is 0 Å². The Balaban J connectivity index is 2.04. The van der Waals surface area contributed by atoms with Gasteiger partial charge < -0.3 is 15.0 Å². The van der Waals surface area contributed by atoms with Crippen molar-refractivity contribution in [3.8, 4) is 0 Å². The minimum Gasteiger partial charge on any atom is -0.385 e. The third-order valence-electron chi connectivity index (χ3n) is 4.90. The zero-order chi connectivity index (χ0) is 15.2. The fraction of sp³-hybridized carbons (Fsp3) is 0.625. The average molecular weight is 288 g/mol. The van der Waals surface area contributed by atoms with Crippen LogP contribution in [0.25, 0.3) is 11.0 Å². The Kier molecular flexibility index (Phi) is 3.40. The number of ether oxygens (including phenoxy) is 1. The molecule has 0 atom stereocenters. The summed E-state index contributed by atoms with van der Waals surface area (Å²) in [6.07, 6.45) is 3.66. The lowest BCUT2D eigenvalue weighted by Gasteiger charge is -2.18. The normalized spacial score (nSPS) is 16.6. The summed E-state index contributed by atoms with van der Waals surface area (Å²) in [5, 5.41) is 1.01. The van der Waals surface area contributed by atoms with Gasteiger partial charge in [0.25, 0.3) is 0 Å². The second kappa shape index (κ2) is 4.98. The van der Waals surface area contributed by atoms with E-state index in [4.69, 9.17) is 10.5 Å². The summed E-state index contributed by atoms with van der Waals surface area (Å²) in [6.45, 7) is 7.99. The molecule has 1 aliphatic rings. The molecule has 2 aromatic rings. The van der Waals surface area contributed by atoms with Gasteiger partial charge in [0.1, 0.15) is 17.3 Å². The van der Waals surface area contributed by atoms with Crippen molar-refractivity contribution in [1.29, 1.82) is 0 Å². The second-order valence-corrected chi connectivity index (χ2v) is 6.39. The first kappa shape index (κ1) is 14.3. The minimum atomic E-state index is 0.382. The number of hydrogen-bond acceptors (Lipinski definition) is 4. The van der Waals surface area contributed by atoms with Crippen molar-refractivity contribution in [3.05, 3.63) is 17.1 Å². The minimum absolute atomic E-state index is 0.382. The van der Waals surface area contributed by atoms with Crippen LogP contribution in [0.5, 0.6) is 0 Å². The molecule has 21 heavy (non-hydrogen) atoms. The molecule has 2 heterocycles. The molecular weight excluding hydrogens is 264 g/mol. The van der Waals surface area contributed by atoms with Crippen molar-refractivity contribution in [2.75, 3.05) is 19.5 Å². The van der Waals surface area contributed by atoms with E-state index >= 15 is 0 Å². The van der Waals surface area contributed by atoms with Crippen LogP contribution < -0.4 is 5.73 Å². The van der Waals surface area contributed by atoms with Crippen molar-refractivity contribution < 1.29 is 4.74 Å². The van der Waals surface area contributed by atoms with Gasteiger partial charge in [0.2, 0.25) is 0 Å². The molecule has 1 saturated carbocycles. The number of nitrogen functional groups attached to an aromatic ring is 1. The lowest BCUT2D eigenvalue weighted by molar-refractivity contribution is 0.167. The van der Waals surface area contributed by atoms with Gasteiger partial charge in [-0.05, 0) is 51.0 Å². The largest absolute Gasteiger partial charge is 0.385 e. The second-order valence-electron chi connectivity index (χ2n) is 6.39. The predicted octanol–water partition coefficient (Wildman–Crippen LogP) is 2.76. The molecule has 2 N–H and O–H groups in total. The summed E-state index contributed by atoms with van der Waals surface area (Å²) in [7, 11) is 1.77. The molecule has 1 aliphatic carbocycles. The molecule has 5 nitrogen and oxygen atoms in total. The van der Waals surface area contributed by atoms with E-state index in [0.29, 0.717) is 11.2 Å². The molecule has 0 aliphatic heterocycles. The maximum absolute atomic E-state index is 6.12. The van der Waals surface area contributed by atoms with Crippen LogP contribution in [-0.2, 0) is 11.3 Å². The number of methoxy groups -OCH3 is 1. The Morgan fingerprint density at radius 2 is 1.95 bits per heavy atom. The molecule has 0 aromatic carbocycles. The first-order valence-electron chi connectivity index (χ1n) is 7.56. The highest BCUT2D eigenvalue weighted by atomic mass is 16.5. The first-order valence-corrected chi connectivity index (χ1v) is 7.56. The highest BCUT2D eigenvalue weighted by Gasteiger charge is 2.43. The summed E-state index contributed by atoms with van der Waals surface area (Å²) in [6, 6.07) is 0. The lowest BCUT2D eigenvalue weighted by Crippen LogP contribution is -2.15. The van der Waals surface area contributed by atoms with Crippen LogP contribution in [-0.4, -0.2) is 28.3 Å². The van der Waals surface area contributed by atoms with E-state index in [2.05, 4.69) is 28.4 Å². The van der Waals surface area contributed by atoms with Gasteiger partial charge in [-0.3, -0.25) is 0 Å². The van der Waals surface area contributed by atoms with E-state index in [9.17, 15) is 0 Å². The molecule has 0 unspecified atom stereocenters. The first-order chi connectivity index (χ1) is 9.97. The number of aryl methyl sites for hydroxylation is 2. The van der Waals surface area contributed by atoms with Crippen LogP contribution >= 0.6 is 0 Å². The van der Waals surface area contributed by atoms with Gasteiger partial charge in [-0.15, -0.1) is 0 Å². The summed E-state index contributed by atoms with van der Waals surface area (Å²) >= 11 is 0. The Bertz CT molecular complexity index is 685. The third-order valence-corrected chi connectivity index (χ3v) is 4.90. The smallest absolute Gasteiger partial charge is 0.146 e. The van der Waals surface area contributed by atoms with Crippen molar-refractivity contribution in [1.82, 2.24) is 14.5 Å². The van der Waals surface area contributed by atoms with Crippen molar-refractivity contribution >= 4 is 16.9 Å². The molecule has 0 spiro atoms. The molecule has 1 fully saturated rings. The molecular formula is C16H24N4O. The van der Waals surface area contributed by atoms with Crippen molar-refractivity contribution in [2.24, 2.45) is 5.41 Å². The summed E-state index contributed by atoms with van der Waals surface area (Å²) < 4.78 is 7.59. The monoisotopic (exact) mass is 288 g/mol. The molecule has 2 aromatic heterocycles. The molecule has 0 saturated heterocycles. The quantitative estimate of drug-likeness (QED) is 0.918. The summed E-state index contributed by atoms with van der Waals surface area (Å²) in [5.41, 5.74) is 9.93. The van der Waals surface area contributed by atoms with Crippen molar-refractivity contribution in [2.45, 2.75) is 46.6 Å².